The highest BCUT2D eigenvalue weighted by atomic mass is 127. The molecule has 0 saturated heterocycles. The Labute approximate surface area is 90.3 Å². The van der Waals surface area contributed by atoms with Crippen LogP contribution in [-0.4, -0.2) is 4.43 Å². The van der Waals surface area contributed by atoms with E-state index in [-0.39, 0.29) is 10.8 Å². The largest absolute Gasteiger partial charge is 0.203 e. The van der Waals surface area contributed by atoms with E-state index in [1.54, 1.807) is 22.6 Å². The first-order valence-electron chi connectivity index (χ1n) is 3.57. The maximum Gasteiger partial charge on any atom is 0.200 e. The van der Waals surface area contributed by atoms with Crippen LogP contribution < -0.4 is 0 Å². The first-order chi connectivity index (χ1) is 6.50. The van der Waals surface area contributed by atoms with E-state index in [1.807, 2.05) is 0 Å². The minimum Gasteiger partial charge on any atom is -0.203 e. The molecule has 6 heteroatoms. The Morgan fingerprint density at radius 3 is 1.43 bits per heavy atom. The zero-order chi connectivity index (χ0) is 10.9. The highest BCUT2D eigenvalue weighted by molar-refractivity contribution is 14.1. The molecule has 1 rings (SSSR count). The molecule has 0 atom stereocenters. The molecule has 0 fully saturated rings. The van der Waals surface area contributed by atoms with Gasteiger partial charge in [0.25, 0.3) is 0 Å². The molecule has 0 nitrogen and oxygen atoms in total. The average molecular weight is 322 g/mol. The van der Waals surface area contributed by atoms with Gasteiger partial charge in [-0.05, 0) is 6.42 Å². The van der Waals surface area contributed by atoms with Crippen LogP contribution in [0.15, 0.2) is 0 Å². The van der Waals surface area contributed by atoms with Crippen LogP contribution in [0.5, 0.6) is 0 Å². The Hall–Kier alpha value is -0.400. The highest BCUT2D eigenvalue weighted by Crippen LogP contribution is 2.23. The summed E-state index contributed by atoms with van der Waals surface area (Å²) < 4.78 is 63.6. The van der Waals surface area contributed by atoms with Gasteiger partial charge in [0.1, 0.15) is 0 Å². The molecule has 0 amide bonds. The quantitative estimate of drug-likeness (QED) is 0.258. The number of rotatable bonds is 2. The lowest BCUT2D eigenvalue weighted by Gasteiger charge is -2.05. The summed E-state index contributed by atoms with van der Waals surface area (Å²) >= 11 is 1.78. The van der Waals surface area contributed by atoms with Crippen LogP contribution in [0.1, 0.15) is 5.56 Å². The topological polar surface area (TPSA) is 0 Å². The number of hydrogen-bond acceptors (Lipinski definition) is 0. The zero-order valence-corrected chi connectivity index (χ0v) is 8.84. The predicted octanol–water partition coefficient (Wildman–Crippen LogP) is 3.36. The Morgan fingerprint density at radius 2 is 1.07 bits per heavy atom. The molecule has 1 aromatic rings. The van der Waals surface area contributed by atoms with Crippen molar-refractivity contribution in [1.29, 1.82) is 0 Å². The van der Waals surface area contributed by atoms with Gasteiger partial charge in [-0.2, -0.15) is 0 Å². The van der Waals surface area contributed by atoms with Gasteiger partial charge in [0.05, 0.1) is 0 Å². The van der Waals surface area contributed by atoms with Gasteiger partial charge in [-0.25, -0.2) is 22.0 Å². The minimum atomic E-state index is -2.11. The maximum atomic E-state index is 12.9. The molecular weight excluding hydrogens is 318 g/mol. The summed E-state index contributed by atoms with van der Waals surface area (Å²) in [7, 11) is 0. The Balaban J connectivity index is 3.43. The summed E-state index contributed by atoms with van der Waals surface area (Å²) in [5.41, 5.74) is -0.754. The van der Waals surface area contributed by atoms with Crippen molar-refractivity contribution in [1.82, 2.24) is 0 Å². The summed E-state index contributed by atoms with van der Waals surface area (Å²) in [6.45, 7) is 0. The van der Waals surface area contributed by atoms with Crippen molar-refractivity contribution in [3.8, 4) is 0 Å². The third-order valence-electron chi connectivity index (χ3n) is 1.65. The molecule has 1 aromatic carbocycles. The van der Waals surface area contributed by atoms with Crippen LogP contribution in [0.4, 0.5) is 22.0 Å². The second-order valence-corrected chi connectivity index (χ2v) is 3.57. The monoisotopic (exact) mass is 322 g/mol. The fourth-order valence-corrected chi connectivity index (χ4v) is 1.50. The second kappa shape index (κ2) is 4.41. The predicted molar refractivity (Wildman–Crippen MR) is 48.8 cm³/mol. The molecule has 0 aromatic heterocycles. The third kappa shape index (κ3) is 1.84. The molecule has 0 unspecified atom stereocenters. The Bertz CT molecular complexity index is 334. The van der Waals surface area contributed by atoms with E-state index in [0.717, 1.165) is 0 Å². The summed E-state index contributed by atoms with van der Waals surface area (Å²) in [5, 5.41) is 0. The fourth-order valence-electron chi connectivity index (χ4n) is 0.964. The Morgan fingerprint density at radius 1 is 0.714 bits per heavy atom. The lowest BCUT2D eigenvalue weighted by Crippen LogP contribution is -2.07. The molecular formula is C8H4F5I. The van der Waals surface area contributed by atoms with Crippen molar-refractivity contribution in [2.75, 3.05) is 4.43 Å². The molecule has 0 N–H and O–H groups in total. The van der Waals surface area contributed by atoms with Gasteiger partial charge in [-0.1, -0.05) is 22.6 Å². The van der Waals surface area contributed by atoms with Crippen LogP contribution >= 0.6 is 22.6 Å². The molecule has 0 aliphatic heterocycles. The molecule has 14 heavy (non-hydrogen) atoms. The van der Waals surface area contributed by atoms with E-state index >= 15 is 0 Å². The van der Waals surface area contributed by atoms with Crippen LogP contribution in [0.2, 0.25) is 0 Å². The van der Waals surface area contributed by atoms with E-state index in [2.05, 4.69) is 0 Å². The van der Waals surface area contributed by atoms with Crippen LogP contribution in [0.25, 0.3) is 0 Å². The molecule has 0 saturated carbocycles. The van der Waals surface area contributed by atoms with Gasteiger partial charge in [0.15, 0.2) is 23.3 Å². The first kappa shape index (κ1) is 11.7. The van der Waals surface area contributed by atoms with Gasteiger partial charge in [0.2, 0.25) is 5.82 Å². The lowest BCUT2D eigenvalue weighted by molar-refractivity contribution is 0.371. The first-order valence-corrected chi connectivity index (χ1v) is 5.09. The van der Waals surface area contributed by atoms with Crippen LogP contribution in [0.3, 0.4) is 0 Å². The molecule has 0 bridgehead atoms. The molecule has 0 spiro atoms. The summed E-state index contributed by atoms with van der Waals surface area (Å²) in [6.07, 6.45) is -0.188. The molecule has 0 aliphatic carbocycles. The summed E-state index contributed by atoms with van der Waals surface area (Å²) in [4.78, 5) is 0. The molecule has 0 aliphatic rings. The normalized spacial score (nSPS) is 10.7. The lowest BCUT2D eigenvalue weighted by atomic mass is 10.1. The smallest absolute Gasteiger partial charge is 0.200 e. The van der Waals surface area contributed by atoms with Crippen molar-refractivity contribution in [2.24, 2.45) is 0 Å². The maximum absolute atomic E-state index is 12.9. The minimum absolute atomic E-state index is 0.188. The average Bonchev–Trinajstić information content (AvgIpc) is 2.19. The van der Waals surface area contributed by atoms with Crippen molar-refractivity contribution in [2.45, 2.75) is 6.42 Å². The van der Waals surface area contributed by atoms with E-state index in [9.17, 15) is 22.0 Å². The van der Waals surface area contributed by atoms with Crippen molar-refractivity contribution < 1.29 is 22.0 Å². The van der Waals surface area contributed by atoms with Gasteiger partial charge >= 0.3 is 0 Å². The number of halogens is 6. The summed E-state index contributed by atoms with van der Waals surface area (Å²) in [6, 6.07) is 0. The SMILES string of the molecule is Fc1c(F)c(F)c(CCI)c(F)c1F. The second-order valence-electron chi connectivity index (χ2n) is 2.49. The van der Waals surface area contributed by atoms with Crippen molar-refractivity contribution >= 4 is 22.6 Å². The summed E-state index contributed by atoms with van der Waals surface area (Å²) in [5.74, 6) is -9.36. The molecule has 0 radical (unpaired) electrons. The standard InChI is InChI=1S/C8H4F5I/c9-4-3(1-2-14)5(10)7(12)8(13)6(4)11/h1-2H2. The fraction of sp³-hybridized carbons (Fsp3) is 0.250. The van der Waals surface area contributed by atoms with Gasteiger partial charge < -0.3 is 0 Å². The van der Waals surface area contributed by atoms with Crippen molar-refractivity contribution in [3.05, 3.63) is 34.6 Å². The van der Waals surface area contributed by atoms with Crippen LogP contribution in [0, 0.1) is 29.1 Å². The molecule has 78 valence electrons. The Kier molecular flexibility index (Phi) is 3.68. The molecule has 0 heterocycles. The van der Waals surface area contributed by atoms with E-state index in [4.69, 9.17) is 0 Å². The van der Waals surface area contributed by atoms with Gasteiger partial charge in [0, 0.05) is 9.99 Å². The zero-order valence-electron chi connectivity index (χ0n) is 6.68. The number of alkyl halides is 1. The van der Waals surface area contributed by atoms with Crippen LogP contribution in [-0.2, 0) is 6.42 Å². The van der Waals surface area contributed by atoms with Crippen molar-refractivity contribution in [3.63, 3.8) is 0 Å². The van der Waals surface area contributed by atoms with E-state index in [1.165, 1.54) is 0 Å². The highest BCUT2D eigenvalue weighted by Gasteiger charge is 2.24. The van der Waals surface area contributed by atoms with E-state index in [0.29, 0.717) is 0 Å². The number of benzene rings is 1. The van der Waals surface area contributed by atoms with Gasteiger partial charge in [-0.3, -0.25) is 0 Å². The number of hydrogen-bond donors (Lipinski definition) is 0. The third-order valence-corrected chi connectivity index (χ3v) is 2.18. The van der Waals surface area contributed by atoms with E-state index < -0.39 is 34.6 Å². The van der Waals surface area contributed by atoms with Gasteiger partial charge in [-0.15, -0.1) is 0 Å².